The van der Waals surface area contributed by atoms with Gasteiger partial charge >= 0.3 is 5.97 Å². The molecule has 1 aromatic carbocycles. The number of methoxy groups -OCH3 is 2. The van der Waals surface area contributed by atoms with Crippen LogP contribution in [0, 0.1) is 0 Å². The molecule has 6 nitrogen and oxygen atoms in total. The fourth-order valence-corrected chi connectivity index (χ4v) is 4.30. The van der Waals surface area contributed by atoms with E-state index in [2.05, 4.69) is 10.3 Å². The predicted octanol–water partition coefficient (Wildman–Crippen LogP) is 3.32. The molecule has 0 radical (unpaired) electrons. The first-order valence-electron chi connectivity index (χ1n) is 7.92. The van der Waals surface area contributed by atoms with E-state index in [0.717, 1.165) is 23.5 Å². The van der Waals surface area contributed by atoms with E-state index in [0.29, 0.717) is 17.1 Å². The normalized spacial score (nSPS) is 18.6. The van der Waals surface area contributed by atoms with Gasteiger partial charge in [0.15, 0.2) is 16.6 Å². The number of nitrogens with zero attached hydrogens (tertiary/aromatic N) is 1. The zero-order valence-electron chi connectivity index (χ0n) is 13.5. The van der Waals surface area contributed by atoms with Gasteiger partial charge in [-0.1, -0.05) is 0 Å². The molecule has 0 amide bonds. The highest BCUT2D eigenvalue weighted by Crippen LogP contribution is 2.42. The molecule has 0 spiro atoms. The zero-order chi connectivity index (χ0) is 16.7. The van der Waals surface area contributed by atoms with Gasteiger partial charge in [-0.15, -0.1) is 11.3 Å². The highest BCUT2D eigenvalue weighted by molar-refractivity contribution is 7.15. The summed E-state index contributed by atoms with van der Waals surface area (Å²) in [5.41, 5.74) is 2.33. The van der Waals surface area contributed by atoms with Crippen molar-refractivity contribution in [2.24, 2.45) is 0 Å². The number of ether oxygens (including phenoxy) is 3. The summed E-state index contributed by atoms with van der Waals surface area (Å²) in [6.07, 6.45) is 3.96. The maximum atomic E-state index is 12.3. The molecule has 0 unspecified atom stereocenters. The Morgan fingerprint density at radius 2 is 2.08 bits per heavy atom. The van der Waals surface area contributed by atoms with E-state index in [9.17, 15) is 4.79 Å². The number of aryl methyl sites for hydroxylation is 2. The maximum Gasteiger partial charge on any atom is 0.344 e. The number of hydrogen-bond acceptors (Lipinski definition) is 7. The molecule has 0 bridgehead atoms. The van der Waals surface area contributed by atoms with E-state index in [-0.39, 0.29) is 0 Å². The molecule has 0 saturated heterocycles. The first-order valence-corrected chi connectivity index (χ1v) is 8.74. The fourth-order valence-electron chi connectivity index (χ4n) is 3.23. The lowest BCUT2D eigenvalue weighted by Gasteiger charge is -2.13. The van der Waals surface area contributed by atoms with Gasteiger partial charge in [-0.25, -0.2) is 9.78 Å². The Kier molecular flexibility index (Phi) is 3.80. The zero-order valence-corrected chi connectivity index (χ0v) is 14.4. The summed E-state index contributed by atoms with van der Waals surface area (Å²) in [5, 5.41) is 4.04. The van der Waals surface area contributed by atoms with Crippen molar-refractivity contribution in [1.82, 2.24) is 4.98 Å². The topological polar surface area (TPSA) is 69.7 Å². The average molecular weight is 346 g/mol. The summed E-state index contributed by atoms with van der Waals surface area (Å²) in [7, 11) is 3.06. The summed E-state index contributed by atoms with van der Waals surface area (Å²) in [6.45, 7) is 0. The van der Waals surface area contributed by atoms with Crippen LogP contribution in [0.5, 0.6) is 11.5 Å². The number of carbonyl (C=O) groups excluding carboxylic acids is 1. The summed E-state index contributed by atoms with van der Waals surface area (Å²) >= 11 is 1.65. The molecule has 1 N–H and O–H groups in total. The van der Waals surface area contributed by atoms with Gasteiger partial charge in [0.05, 0.1) is 19.9 Å². The second-order valence-electron chi connectivity index (χ2n) is 5.79. The number of carbonyl (C=O) groups is 1. The van der Waals surface area contributed by atoms with Crippen molar-refractivity contribution in [3.63, 3.8) is 0 Å². The summed E-state index contributed by atoms with van der Waals surface area (Å²) in [5.74, 6) is 0.501. The third kappa shape index (κ3) is 2.39. The van der Waals surface area contributed by atoms with Crippen LogP contribution in [0.2, 0.25) is 0 Å². The molecule has 0 saturated carbocycles. The first kappa shape index (κ1) is 15.3. The Hall–Kier alpha value is -2.28. The highest BCUT2D eigenvalue weighted by Gasteiger charge is 2.36. The van der Waals surface area contributed by atoms with Crippen LogP contribution in [0.3, 0.4) is 0 Å². The molecule has 0 fully saturated rings. The summed E-state index contributed by atoms with van der Waals surface area (Å²) in [4.78, 5) is 18.3. The van der Waals surface area contributed by atoms with Gasteiger partial charge in [-0.2, -0.15) is 0 Å². The van der Waals surface area contributed by atoms with Gasteiger partial charge < -0.3 is 19.5 Å². The van der Waals surface area contributed by atoms with Crippen molar-refractivity contribution >= 4 is 22.4 Å². The number of fused-ring (bicyclic) bond motifs is 2. The number of rotatable bonds is 4. The van der Waals surface area contributed by atoms with Crippen molar-refractivity contribution in [2.75, 3.05) is 19.5 Å². The van der Waals surface area contributed by atoms with Gasteiger partial charge in [0.25, 0.3) is 0 Å². The van der Waals surface area contributed by atoms with Crippen LogP contribution in [0.4, 0.5) is 5.13 Å². The fraction of sp³-hybridized carbons (Fsp3) is 0.412. The quantitative estimate of drug-likeness (QED) is 0.857. The van der Waals surface area contributed by atoms with E-state index in [4.69, 9.17) is 14.2 Å². The number of aromatic nitrogens is 1. The monoisotopic (exact) mass is 346 g/mol. The molecule has 2 heterocycles. The largest absolute Gasteiger partial charge is 0.493 e. The smallest absolute Gasteiger partial charge is 0.344 e. The molecule has 24 heavy (non-hydrogen) atoms. The second-order valence-corrected chi connectivity index (χ2v) is 6.87. The van der Waals surface area contributed by atoms with Gasteiger partial charge in [0.2, 0.25) is 6.23 Å². The molecule has 4 rings (SSSR count). The van der Waals surface area contributed by atoms with Crippen LogP contribution in [-0.2, 0) is 17.6 Å². The van der Waals surface area contributed by atoms with E-state index >= 15 is 0 Å². The van der Waals surface area contributed by atoms with Crippen LogP contribution in [-0.4, -0.2) is 25.2 Å². The van der Waals surface area contributed by atoms with Crippen LogP contribution in [0.15, 0.2) is 12.1 Å². The SMILES string of the molecule is COc1ccc2c(c1OC)C(=O)O[C@H]2Nc1nc2c(s1)CCCC2. The van der Waals surface area contributed by atoms with Crippen molar-refractivity contribution in [3.8, 4) is 11.5 Å². The molecular weight excluding hydrogens is 328 g/mol. The van der Waals surface area contributed by atoms with E-state index in [1.54, 1.807) is 24.5 Å². The van der Waals surface area contributed by atoms with Crippen LogP contribution in [0.1, 0.15) is 45.6 Å². The molecule has 1 aliphatic heterocycles. The maximum absolute atomic E-state index is 12.3. The predicted molar refractivity (Wildman–Crippen MR) is 90.1 cm³/mol. The number of hydrogen-bond donors (Lipinski definition) is 1. The third-order valence-electron chi connectivity index (χ3n) is 4.39. The summed E-state index contributed by atoms with van der Waals surface area (Å²) in [6, 6.07) is 3.61. The van der Waals surface area contributed by atoms with Crippen molar-refractivity contribution in [1.29, 1.82) is 0 Å². The average Bonchev–Trinajstić information content (AvgIpc) is 3.15. The number of esters is 1. The molecular formula is C17H18N2O4S. The van der Waals surface area contributed by atoms with E-state index in [1.807, 2.05) is 6.07 Å². The standard InChI is InChI=1S/C17H18N2O4S/c1-21-11-8-7-9-13(14(11)22-2)16(20)23-15(9)19-17-18-10-5-3-4-6-12(10)24-17/h7-8,15H,3-6H2,1-2H3,(H,18,19)/t15-/m1/s1. The lowest BCUT2D eigenvalue weighted by atomic mass is 10.0. The Morgan fingerprint density at radius 3 is 2.83 bits per heavy atom. The molecule has 2 aromatic rings. The van der Waals surface area contributed by atoms with Crippen LogP contribution in [0.25, 0.3) is 0 Å². The van der Waals surface area contributed by atoms with Crippen molar-refractivity contribution in [2.45, 2.75) is 31.9 Å². The Morgan fingerprint density at radius 1 is 1.25 bits per heavy atom. The highest BCUT2D eigenvalue weighted by atomic mass is 32.1. The molecule has 1 aliphatic carbocycles. The van der Waals surface area contributed by atoms with Gasteiger partial charge in [0, 0.05) is 10.4 Å². The molecule has 126 valence electrons. The van der Waals surface area contributed by atoms with Crippen molar-refractivity contribution in [3.05, 3.63) is 33.8 Å². The number of benzene rings is 1. The number of cyclic esters (lactones) is 1. The van der Waals surface area contributed by atoms with E-state index < -0.39 is 12.2 Å². The first-order chi connectivity index (χ1) is 11.7. The Labute approximate surface area is 143 Å². The third-order valence-corrected chi connectivity index (χ3v) is 5.48. The lowest BCUT2D eigenvalue weighted by molar-refractivity contribution is 0.0435. The summed E-state index contributed by atoms with van der Waals surface area (Å²) < 4.78 is 16.1. The van der Waals surface area contributed by atoms with Gasteiger partial charge in [0.1, 0.15) is 5.56 Å². The Bertz CT molecular complexity index is 779. The minimum atomic E-state index is -0.556. The molecule has 2 aliphatic rings. The van der Waals surface area contributed by atoms with E-state index in [1.165, 1.54) is 30.5 Å². The van der Waals surface area contributed by atoms with Gasteiger partial charge in [-0.3, -0.25) is 0 Å². The van der Waals surface area contributed by atoms with Crippen LogP contribution >= 0.6 is 11.3 Å². The Balaban J connectivity index is 1.65. The lowest BCUT2D eigenvalue weighted by Crippen LogP contribution is -2.10. The molecule has 7 heteroatoms. The van der Waals surface area contributed by atoms with Crippen LogP contribution < -0.4 is 14.8 Å². The number of thiazole rings is 1. The molecule has 1 atom stereocenters. The molecule has 1 aromatic heterocycles. The number of nitrogens with one attached hydrogen (secondary N) is 1. The van der Waals surface area contributed by atoms with Crippen molar-refractivity contribution < 1.29 is 19.0 Å². The van der Waals surface area contributed by atoms with Gasteiger partial charge in [-0.05, 0) is 37.8 Å². The second kappa shape index (κ2) is 5.98. The minimum absolute atomic E-state index is 0.405. The minimum Gasteiger partial charge on any atom is -0.493 e. The number of anilines is 1.